The number of carbonyl (C=O) groups excluding carboxylic acids is 2. The second-order valence-corrected chi connectivity index (χ2v) is 8.10. The van der Waals surface area contributed by atoms with Crippen LogP contribution in [0.25, 0.3) is 0 Å². The maximum Gasteiger partial charge on any atom is 0.253 e. The summed E-state index contributed by atoms with van der Waals surface area (Å²) in [6.07, 6.45) is 0. The third-order valence-electron chi connectivity index (χ3n) is 5.17. The first-order valence-corrected chi connectivity index (χ1v) is 10.5. The summed E-state index contributed by atoms with van der Waals surface area (Å²) in [6.45, 7) is 2.75. The highest BCUT2D eigenvalue weighted by molar-refractivity contribution is 6.30. The summed E-state index contributed by atoms with van der Waals surface area (Å²) in [5, 5.41) is 4.00. The van der Waals surface area contributed by atoms with Gasteiger partial charge in [0.2, 0.25) is 5.91 Å². The van der Waals surface area contributed by atoms with Gasteiger partial charge in [0.05, 0.1) is 6.54 Å². The van der Waals surface area contributed by atoms with E-state index in [0.717, 1.165) is 11.1 Å². The van der Waals surface area contributed by atoms with Crippen molar-refractivity contribution < 1.29 is 9.59 Å². The molecule has 1 aliphatic rings. The molecule has 0 aromatic heterocycles. The molecule has 1 saturated heterocycles. The number of halogens is 1. The molecule has 0 atom stereocenters. The maximum absolute atomic E-state index is 12.7. The Morgan fingerprint density at radius 1 is 1.06 bits per heavy atom. The van der Waals surface area contributed by atoms with E-state index in [4.69, 9.17) is 11.6 Å². The van der Waals surface area contributed by atoms with E-state index in [0.29, 0.717) is 42.7 Å². The summed E-state index contributed by atoms with van der Waals surface area (Å²) in [4.78, 5) is 34.4. The summed E-state index contributed by atoms with van der Waals surface area (Å²) in [5.41, 5.74) is 2.74. The first-order valence-electron chi connectivity index (χ1n) is 10.2. The van der Waals surface area contributed by atoms with Crippen LogP contribution in [0.2, 0.25) is 5.02 Å². The Balaban J connectivity index is 1.53. The van der Waals surface area contributed by atoms with Gasteiger partial charge < -0.3 is 20.0 Å². The lowest BCUT2D eigenvalue weighted by molar-refractivity contribution is -0.135. The van der Waals surface area contributed by atoms with E-state index in [9.17, 15) is 9.59 Å². The molecule has 31 heavy (non-hydrogen) atoms. The fraction of sp³-hybridized carbons (Fsp3) is 0.348. The number of aliphatic imine (C=N–C) groups is 1. The van der Waals surface area contributed by atoms with Crippen molar-refractivity contribution in [2.24, 2.45) is 4.99 Å². The van der Waals surface area contributed by atoms with Gasteiger partial charge in [-0.15, -0.1) is 0 Å². The molecule has 2 amide bonds. The predicted molar refractivity (Wildman–Crippen MR) is 123 cm³/mol. The Morgan fingerprint density at radius 2 is 1.71 bits per heavy atom. The molecule has 0 spiro atoms. The van der Waals surface area contributed by atoms with E-state index < -0.39 is 0 Å². The monoisotopic (exact) mass is 441 g/mol. The smallest absolute Gasteiger partial charge is 0.253 e. The average Bonchev–Trinajstić information content (AvgIpc) is 2.77. The van der Waals surface area contributed by atoms with Gasteiger partial charge in [-0.25, -0.2) is 0 Å². The zero-order valence-corrected chi connectivity index (χ0v) is 18.9. The summed E-state index contributed by atoms with van der Waals surface area (Å²) in [7, 11) is 5.18. The number of piperazine rings is 1. The van der Waals surface area contributed by atoms with Gasteiger partial charge in [0, 0.05) is 57.9 Å². The number of nitrogens with zero attached hydrogens (tertiary/aromatic N) is 4. The first-order chi connectivity index (χ1) is 14.9. The van der Waals surface area contributed by atoms with Crippen LogP contribution in [0.3, 0.4) is 0 Å². The Kier molecular flexibility index (Phi) is 7.52. The number of nitrogens with one attached hydrogen (secondary N) is 1. The SMILES string of the molecule is CN=C(NCc1ccc(C(=O)N(C)C)cc1)N1CCN(Cc2ccc(Cl)cc2)C(=O)C1. The van der Waals surface area contributed by atoms with E-state index in [-0.39, 0.29) is 18.4 Å². The van der Waals surface area contributed by atoms with Gasteiger partial charge in [-0.1, -0.05) is 35.9 Å². The van der Waals surface area contributed by atoms with E-state index in [2.05, 4.69) is 10.3 Å². The molecule has 3 rings (SSSR count). The minimum atomic E-state index is -0.0229. The van der Waals surface area contributed by atoms with Gasteiger partial charge in [0.15, 0.2) is 5.96 Å². The quantitative estimate of drug-likeness (QED) is 0.571. The van der Waals surface area contributed by atoms with Crippen LogP contribution in [0, 0.1) is 0 Å². The number of guanidine groups is 1. The first kappa shape index (κ1) is 22.6. The number of benzene rings is 2. The van der Waals surface area contributed by atoms with Crippen LogP contribution in [0.5, 0.6) is 0 Å². The number of carbonyl (C=O) groups is 2. The molecule has 8 heteroatoms. The third-order valence-corrected chi connectivity index (χ3v) is 5.43. The van der Waals surface area contributed by atoms with Crippen LogP contribution in [0.15, 0.2) is 53.5 Å². The number of amides is 2. The number of rotatable bonds is 5. The Bertz CT molecular complexity index is 941. The average molecular weight is 442 g/mol. The van der Waals surface area contributed by atoms with Gasteiger partial charge in [0.25, 0.3) is 5.91 Å². The van der Waals surface area contributed by atoms with Crippen LogP contribution >= 0.6 is 11.6 Å². The Morgan fingerprint density at radius 3 is 2.29 bits per heavy atom. The van der Waals surface area contributed by atoms with Crippen molar-refractivity contribution in [3.63, 3.8) is 0 Å². The van der Waals surface area contributed by atoms with Gasteiger partial charge in [-0.3, -0.25) is 14.6 Å². The molecule has 7 nitrogen and oxygen atoms in total. The molecule has 2 aromatic carbocycles. The maximum atomic E-state index is 12.7. The largest absolute Gasteiger partial charge is 0.352 e. The zero-order valence-electron chi connectivity index (χ0n) is 18.1. The second kappa shape index (κ2) is 10.3. The Hall–Kier alpha value is -3.06. The van der Waals surface area contributed by atoms with Crippen molar-refractivity contribution in [1.82, 2.24) is 20.0 Å². The van der Waals surface area contributed by atoms with Gasteiger partial charge >= 0.3 is 0 Å². The van der Waals surface area contributed by atoms with Crippen LogP contribution in [-0.2, 0) is 17.9 Å². The Labute approximate surface area is 188 Å². The highest BCUT2D eigenvalue weighted by atomic mass is 35.5. The summed E-state index contributed by atoms with van der Waals surface area (Å²) in [5.74, 6) is 0.731. The molecule has 0 aliphatic carbocycles. The predicted octanol–water partition coefficient (Wildman–Crippen LogP) is 2.46. The molecule has 1 heterocycles. The lowest BCUT2D eigenvalue weighted by atomic mass is 10.1. The summed E-state index contributed by atoms with van der Waals surface area (Å²) < 4.78 is 0. The van der Waals surface area contributed by atoms with Crippen molar-refractivity contribution in [3.05, 3.63) is 70.2 Å². The lowest BCUT2D eigenvalue weighted by Gasteiger charge is -2.36. The van der Waals surface area contributed by atoms with Crippen LogP contribution in [-0.4, -0.2) is 73.3 Å². The van der Waals surface area contributed by atoms with E-state index in [1.54, 1.807) is 26.0 Å². The summed E-state index contributed by atoms with van der Waals surface area (Å²) >= 11 is 5.94. The molecule has 0 radical (unpaired) electrons. The van der Waals surface area contributed by atoms with Gasteiger partial charge in [-0.2, -0.15) is 0 Å². The van der Waals surface area contributed by atoms with Crippen LogP contribution in [0.4, 0.5) is 0 Å². The van der Waals surface area contributed by atoms with Crippen LogP contribution < -0.4 is 5.32 Å². The normalized spacial score (nSPS) is 14.6. The van der Waals surface area contributed by atoms with Crippen LogP contribution in [0.1, 0.15) is 21.5 Å². The lowest BCUT2D eigenvalue weighted by Crippen LogP contribution is -2.54. The molecular formula is C23H28ClN5O2. The van der Waals surface area contributed by atoms with E-state index in [1.807, 2.05) is 58.3 Å². The van der Waals surface area contributed by atoms with Gasteiger partial charge in [0.1, 0.15) is 0 Å². The van der Waals surface area contributed by atoms with Gasteiger partial charge in [-0.05, 0) is 35.4 Å². The van der Waals surface area contributed by atoms with E-state index in [1.165, 1.54) is 0 Å². The zero-order chi connectivity index (χ0) is 22.4. The van der Waals surface area contributed by atoms with E-state index >= 15 is 0 Å². The molecule has 0 bridgehead atoms. The highest BCUT2D eigenvalue weighted by Crippen LogP contribution is 2.14. The topological polar surface area (TPSA) is 68.2 Å². The number of hydrogen-bond acceptors (Lipinski definition) is 3. The highest BCUT2D eigenvalue weighted by Gasteiger charge is 2.26. The number of hydrogen-bond donors (Lipinski definition) is 1. The van der Waals surface area contributed by atoms with Crippen molar-refractivity contribution in [2.75, 3.05) is 40.8 Å². The van der Waals surface area contributed by atoms with Crippen molar-refractivity contribution in [1.29, 1.82) is 0 Å². The third kappa shape index (κ3) is 5.98. The fourth-order valence-corrected chi connectivity index (χ4v) is 3.53. The molecule has 2 aromatic rings. The molecular weight excluding hydrogens is 414 g/mol. The molecule has 0 saturated carbocycles. The molecule has 1 fully saturated rings. The molecule has 1 N–H and O–H groups in total. The molecule has 1 aliphatic heterocycles. The van der Waals surface area contributed by atoms with Crippen molar-refractivity contribution in [2.45, 2.75) is 13.1 Å². The standard InChI is InChI=1S/C23H28ClN5O2/c1-25-23(26-14-17-4-8-19(9-5-17)22(31)27(2)3)29-13-12-28(21(30)16-29)15-18-6-10-20(24)11-7-18/h4-11H,12-16H2,1-3H3,(H,25,26). The van der Waals surface area contributed by atoms with Crippen molar-refractivity contribution >= 4 is 29.4 Å². The van der Waals surface area contributed by atoms with Crippen molar-refractivity contribution in [3.8, 4) is 0 Å². The second-order valence-electron chi connectivity index (χ2n) is 7.66. The summed E-state index contributed by atoms with van der Waals surface area (Å²) in [6, 6.07) is 15.1. The fourth-order valence-electron chi connectivity index (χ4n) is 3.40. The molecule has 0 unspecified atom stereocenters. The minimum Gasteiger partial charge on any atom is -0.352 e. The molecule has 164 valence electrons. The minimum absolute atomic E-state index is 0.0229.